The Morgan fingerprint density at radius 2 is 1.74 bits per heavy atom. The topological polar surface area (TPSA) is 61.1 Å². The lowest BCUT2D eigenvalue weighted by Gasteiger charge is -2.15. The van der Waals surface area contributed by atoms with E-state index in [1.54, 1.807) is 38.5 Å². The number of hydrogen-bond donors (Lipinski definition) is 0. The van der Waals surface area contributed by atoms with E-state index in [-0.39, 0.29) is 11.2 Å². The Hall–Kier alpha value is -2.99. The van der Waals surface area contributed by atoms with Crippen molar-refractivity contribution in [1.29, 1.82) is 0 Å². The van der Waals surface area contributed by atoms with E-state index >= 15 is 0 Å². The van der Waals surface area contributed by atoms with Gasteiger partial charge in [-0.2, -0.15) is 0 Å². The number of para-hydroxylation sites is 1. The largest absolute Gasteiger partial charge is 0.493 e. The molecule has 0 amide bonds. The first kappa shape index (κ1) is 21.2. The molecule has 3 aromatic rings. The zero-order chi connectivity index (χ0) is 21.6. The van der Waals surface area contributed by atoms with Gasteiger partial charge in [-0.05, 0) is 75.6 Å². The van der Waals surface area contributed by atoms with Crippen LogP contribution in [0.25, 0.3) is 22.3 Å². The van der Waals surface area contributed by atoms with Crippen molar-refractivity contribution in [3.05, 3.63) is 52.7 Å². The standard InChI is InChI=1S/C25H29NO5/c1-28-21-12-11-18(17-22(21)29-2)24-25(23(27)19-9-3-4-10-20(19)31-24)30-16-8-7-15-26-13-5-6-14-26/h3-4,9-12,17H,5-8,13-16H2,1-2H3. The van der Waals surface area contributed by atoms with Crippen molar-refractivity contribution in [1.82, 2.24) is 4.90 Å². The van der Waals surface area contributed by atoms with Crippen LogP contribution in [0.1, 0.15) is 25.7 Å². The fraction of sp³-hybridized carbons (Fsp3) is 0.400. The summed E-state index contributed by atoms with van der Waals surface area (Å²) in [4.78, 5) is 15.7. The normalized spacial score (nSPS) is 14.1. The van der Waals surface area contributed by atoms with Crippen molar-refractivity contribution in [2.75, 3.05) is 40.5 Å². The molecule has 0 unspecified atom stereocenters. The number of unbranched alkanes of at least 4 members (excludes halogenated alkanes) is 1. The van der Waals surface area contributed by atoms with Crippen LogP contribution >= 0.6 is 0 Å². The van der Waals surface area contributed by atoms with Gasteiger partial charge < -0.3 is 23.5 Å². The first-order chi connectivity index (χ1) is 15.2. The van der Waals surface area contributed by atoms with Crippen LogP contribution in [0.2, 0.25) is 0 Å². The maximum atomic E-state index is 13.2. The van der Waals surface area contributed by atoms with Crippen molar-refractivity contribution in [3.8, 4) is 28.6 Å². The molecule has 0 radical (unpaired) electrons. The van der Waals surface area contributed by atoms with Crippen LogP contribution < -0.4 is 19.6 Å². The molecule has 6 nitrogen and oxygen atoms in total. The molecular formula is C25H29NO5. The van der Waals surface area contributed by atoms with Gasteiger partial charge in [-0.3, -0.25) is 4.79 Å². The molecular weight excluding hydrogens is 394 g/mol. The number of benzene rings is 2. The second-order valence-corrected chi connectivity index (χ2v) is 7.76. The molecule has 2 heterocycles. The van der Waals surface area contributed by atoms with Gasteiger partial charge in [-0.15, -0.1) is 0 Å². The molecule has 2 aromatic carbocycles. The molecule has 1 aliphatic heterocycles. The van der Waals surface area contributed by atoms with Crippen LogP contribution in [0.4, 0.5) is 0 Å². The lowest BCUT2D eigenvalue weighted by molar-refractivity contribution is 0.275. The third-order valence-corrected chi connectivity index (χ3v) is 5.72. The molecule has 0 spiro atoms. The van der Waals surface area contributed by atoms with Crippen molar-refractivity contribution in [2.45, 2.75) is 25.7 Å². The molecule has 0 saturated carbocycles. The Morgan fingerprint density at radius 1 is 0.968 bits per heavy atom. The van der Waals surface area contributed by atoms with Gasteiger partial charge in [0.05, 0.1) is 26.2 Å². The van der Waals surface area contributed by atoms with Crippen LogP contribution in [-0.2, 0) is 0 Å². The van der Waals surface area contributed by atoms with E-state index in [9.17, 15) is 4.79 Å². The third-order valence-electron chi connectivity index (χ3n) is 5.72. The molecule has 4 rings (SSSR count). The summed E-state index contributed by atoms with van der Waals surface area (Å²) >= 11 is 0. The van der Waals surface area contributed by atoms with Gasteiger partial charge in [-0.25, -0.2) is 0 Å². The average Bonchev–Trinajstić information content (AvgIpc) is 3.33. The maximum Gasteiger partial charge on any atom is 0.235 e. The second kappa shape index (κ2) is 9.88. The SMILES string of the molecule is COc1ccc(-c2oc3ccccc3c(=O)c2OCCCCN2CCCC2)cc1OC. The molecule has 31 heavy (non-hydrogen) atoms. The van der Waals surface area contributed by atoms with E-state index in [4.69, 9.17) is 18.6 Å². The Kier molecular flexibility index (Phi) is 6.77. The maximum absolute atomic E-state index is 13.2. The molecule has 0 bridgehead atoms. The fourth-order valence-corrected chi connectivity index (χ4v) is 4.04. The summed E-state index contributed by atoms with van der Waals surface area (Å²) < 4.78 is 22.9. The summed E-state index contributed by atoms with van der Waals surface area (Å²) in [6, 6.07) is 12.7. The Balaban J connectivity index is 1.61. The van der Waals surface area contributed by atoms with Crippen LogP contribution in [0.5, 0.6) is 17.2 Å². The monoisotopic (exact) mass is 423 g/mol. The fourth-order valence-electron chi connectivity index (χ4n) is 4.04. The second-order valence-electron chi connectivity index (χ2n) is 7.76. The quantitative estimate of drug-likeness (QED) is 0.464. The molecule has 0 atom stereocenters. The van der Waals surface area contributed by atoms with E-state index in [0.717, 1.165) is 19.4 Å². The lowest BCUT2D eigenvalue weighted by atomic mass is 10.1. The molecule has 1 aliphatic rings. The van der Waals surface area contributed by atoms with Gasteiger partial charge in [0, 0.05) is 5.56 Å². The number of hydrogen-bond acceptors (Lipinski definition) is 6. The number of nitrogens with zero attached hydrogens (tertiary/aromatic N) is 1. The first-order valence-electron chi connectivity index (χ1n) is 10.8. The van der Waals surface area contributed by atoms with E-state index in [1.165, 1.54) is 25.9 Å². The van der Waals surface area contributed by atoms with Crippen LogP contribution in [-0.4, -0.2) is 45.4 Å². The molecule has 1 saturated heterocycles. The summed E-state index contributed by atoms with van der Waals surface area (Å²) in [7, 11) is 3.17. The Morgan fingerprint density at radius 3 is 2.52 bits per heavy atom. The van der Waals surface area contributed by atoms with Crippen molar-refractivity contribution in [2.24, 2.45) is 0 Å². The number of ether oxygens (including phenoxy) is 3. The van der Waals surface area contributed by atoms with E-state index < -0.39 is 0 Å². The number of fused-ring (bicyclic) bond motifs is 1. The molecule has 1 fully saturated rings. The van der Waals surface area contributed by atoms with Crippen LogP contribution in [0, 0.1) is 0 Å². The van der Waals surface area contributed by atoms with Gasteiger partial charge in [0.15, 0.2) is 17.3 Å². The molecule has 1 aromatic heterocycles. The van der Waals surface area contributed by atoms with Crippen molar-refractivity contribution >= 4 is 11.0 Å². The zero-order valence-electron chi connectivity index (χ0n) is 18.2. The van der Waals surface area contributed by atoms with Gasteiger partial charge in [0.25, 0.3) is 0 Å². The zero-order valence-corrected chi connectivity index (χ0v) is 18.2. The molecule has 0 aliphatic carbocycles. The molecule has 6 heteroatoms. The summed E-state index contributed by atoms with van der Waals surface area (Å²) in [6.45, 7) is 3.94. The number of likely N-dealkylation sites (tertiary alicyclic amines) is 1. The predicted molar refractivity (Wildman–Crippen MR) is 121 cm³/mol. The molecule has 164 valence electrons. The smallest absolute Gasteiger partial charge is 0.235 e. The van der Waals surface area contributed by atoms with Crippen LogP contribution in [0.15, 0.2) is 51.7 Å². The van der Waals surface area contributed by atoms with E-state index in [0.29, 0.717) is 40.4 Å². The van der Waals surface area contributed by atoms with Crippen LogP contribution in [0.3, 0.4) is 0 Å². The van der Waals surface area contributed by atoms with E-state index in [2.05, 4.69) is 4.90 Å². The minimum atomic E-state index is -0.161. The highest BCUT2D eigenvalue weighted by Crippen LogP contribution is 2.36. The average molecular weight is 424 g/mol. The number of methoxy groups -OCH3 is 2. The van der Waals surface area contributed by atoms with Gasteiger partial charge in [-0.1, -0.05) is 12.1 Å². The van der Waals surface area contributed by atoms with E-state index in [1.807, 2.05) is 18.2 Å². The van der Waals surface area contributed by atoms with Gasteiger partial charge in [0.2, 0.25) is 11.2 Å². The highest BCUT2D eigenvalue weighted by atomic mass is 16.5. The highest BCUT2D eigenvalue weighted by molar-refractivity contribution is 5.82. The number of rotatable bonds is 9. The minimum Gasteiger partial charge on any atom is -0.493 e. The predicted octanol–water partition coefficient (Wildman–Crippen LogP) is 4.73. The van der Waals surface area contributed by atoms with Gasteiger partial charge in [0.1, 0.15) is 5.58 Å². The first-order valence-corrected chi connectivity index (χ1v) is 10.8. The third kappa shape index (κ3) is 4.69. The van der Waals surface area contributed by atoms with Crippen molar-refractivity contribution in [3.63, 3.8) is 0 Å². The summed E-state index contributed by atoms with van der Waals surface area (Å²) in [5.41, 5.74) is 1.07. The Labute approximate surface area is 182 Å². The highest BCUT2D eigenvalue weighted by Gasteiger charge is 2.19. The summed E-state index contributed by atoms with van der Waals surface area (Å²) in [5.74, 6) is 1.82. The molecule has 0 N–H and O–H groups in total. The lowest BCUT2D eigenvalue weighted by Crippen LogP contribution is -2.21. The van der Waals surface area contributed by atoms with Gasteiger partial charge >= 0.3 is 0 Å². The Bertz CT molecular complexity index is 1080. The van der Waals surface area contributed by atoms with Crippen molar-refractivity contribution < 1.29 is 18.6 Å². The summed E-state index contributed by atoms with van der Waals surface area (Å²) in [6.07, 6.45) is 4.52. The minimum absolute atomic E-state index is 0.161. The summed E-state index contributed by atoms with van der Waals surface area (Å²) in [5, 5.41) is 0.513.